The van der Waals surface area contributed by atoms with Gasteiger partial charge in [-0.1, -0.05) is 30.2 Å². The molecule has 2 bridgehead atoms. The van der Waals surface area contributed by atoms with Crippen molar-refractivity contribution in [3.63, 3.8) is 0 Å². The summed E-state index contributed by atoms with van der Waals surface area (Å²) in [7, 11) is 1.71. The number of hydrogen-bond donors (Lipinski definition) is 1. The zero-order chi connectivity index (χ0) is 31.2. The van der Waals surface area contributed by atoms with E-state index in [-0.39, 0.29) is 28.6 Å². The number of hydrogen-bond acceptors (Lipinski definition) is 7. The molecule has 1 aliphatic rings. The van der Waals surface area contributed by atoms with Gasteiger partial charge in [-0.3, -0.25) is 23.8 Å². The van der Waals surface area contributed by atoms with E-state index in [1.54, 1.807) is 30.8 Å². The molecule has 1 N–H and O–H groups in total. The Morgan fingerprint density at radius 3 is 2.64 bits per heavy atom. The van der Waals surface area contributed by atoms with Crippen LogP contribution in [0.15, 0.2) is 66.2 Å². The van der Waals surface area contributed by atoms with E-state index in [4.69, 9.17) is 11.6 Å². The summed E-state index contributed by atoms with van der Waals surface area (Å²) in [6, 6.07) is 6.76. The van der Waals surface area contributed by atoms with Crippen LogP contribution in [0.2, 0.25) is 5.02 Å². The SMILES string of the molecule is C[C@@H]1CCC[C@H](n2cnc(-c3cc(Cl)ccc3-n3ccnn3)c(C(F)(F)F)c2=O)c2cc(ccn2)-c2c(cnn2C)NC1=O. The Morgan fingerprint density at radius 1 is 1.07 bits per heavy atom. The van der Waals surface area contributed by atoms with Crippen molar-refractivity contribution in [2.45, 2.75) is 38.4 Å². The molecule has 0 spiro atoms. The lowest BCUT2D eigenvalue weighted by Crippen LogP contribution is -2.34. The van der Waals surface area contributed by atoms with Crippen molar-refractivity contribution in [1.29, 1.82) is 0 Å². The number of rotatable bonds is 3. The van der Waals surface area contributed by atoms with E-state index in [9.17, 15) is 22.8 Å². The summed E-state index contributed by atoms with van der Waals surface area (Å²) < 4.78 is 48.1. The molecule has 44 heavy (non-hydrogen) atoms. The van der Waals surface area contributed by atoms with Gasteiger partial charge in [-0.15, -0.1) is 5.10 Å². The first-order chi connectivity index (χ1) is 21.0. The molecule has 0 saturated heterocycles. The highest BCUT2D eigenvalue weighted by Gasteiger charge is 2.40. The average Bonchev–Trinajstić information content (AvgIpc) is 3.64. The van der Waals surface area contributed by atoms with E-state index in [1.165, 1.54) is 47.7 Å². The zero-order valence-electron chi connectivity index (χ0n) is 23.5. The highest BCUT2D eigenvalue weighted by atomic mass is 35.5. The number of pyridine rings is 1. The van der Waals surface area contributed by atoms with Crippen LogP contribution in [-0.4, -0.2) is 45.2 Å². The van der Waals surface area contributed by atoms with Crippen LogP contribution >= 0.6 is 11.6 Å². The van der Waals surface area contributed by atoms with Crippen molar-refractivity contribution in [3.05, 3.63) is 88.1 Å². The molecule has 2 atom stereocenters. The van der Waals surface area contributed by atoms with Crippen LogP contribution in [0.3, 0.4) is 0 Å². The van der Waals surface area contributed by atoms with Crippen molar-refractivity contribution in [3.8, 4) is 28.2 Å². The van der Waals surface area contributed by atoms with Gasteiger partial charge in [-0.05, 0) is 43.2 Å². The van der Waals surface area contributed by atoms with Gasteiger partial charge >= 0.3 is 6.18 Å². The minimum absolute atomic E-state index is 0.0398. The van der Waals surface area contributed by atoms with E-state index in [0.29, 0.717) is 35.5 Å². The smallest absolute Gasteiger partial charge is 0.323 e. The molecule has 0 fully saturated rings. The Balaban J connectivity index is 1.55. The van der Waals surface area contributed by atoms with E-state index >= 15 is 0 Å². The number of anilines is 1. The maximum atomic E-state index is 14.8. The van der Waals surface area contributed by atoms with Crippen LogP contribution < -0.4 is 10.9 Å². The minimum Gasteiger partial charge on any atom is -0.323 e. The Kier molecular flexibility index (Phi) is 7.53. The molecule has 0 aliphatic carbocycles. The Bertz CT molecular complexity index is 1920. The van der Waals surface area contributed by atoms with Gasteiger partial charge in [0.25, 0.3) is 5.56 Å². The number of carbonyl (C=O) groups excluding carboxylic acids is 1. The lowest BCUT2D eigenvalue weighted by molar-refractivity contribution is -0.138. The summed E-state index contributed by atoms with van der Waals surface area (Å²) in [5, 5.41) is 15.0. The van der Waals surface area contributed by atoms with Crippen LogP contribution in [0.25, 0.3) is 28.2 Å². The van der Waals surface area contributed by atoms with Gasteiger partial charge in [0.2, 0.25) is 5.91 Å². The number of nitrogens with zero attached hydrogens (tertiary/aromatic N) is 8. The highest BCUT2D eigenvalue weighted by Crippen LogP contribution is 2.38. The number of fused-ring (bicyclic) bond motifs is 4. The lowest BCUT2D eigenvalue weighted by Gasteiger charge is -2.24. The van der Waals surface area contributed by atoms with Gasteiger partial charge in [-0.25, -0.2) is 9.67 Å². The van der Waals surface area contributed by atoms with Crippen LogP contribution in [0.4, 0.5) is 18.9 Å². The second-order valence-electron chi connectivity index (χ2n) is 10.5. The predicted octanol–water partition coefficient (Wildman–Crippen LogP) is 5.31. The molecular formula is C29H25ClF3N9O2. The number of benzene rings is 1. The Hall–Kier alpha value is -4.85. The molecule has 11 nitrogen and oxygen atoms in total. The van der Waals surface area contributed by atoms with Crippen molar-refractivity contribution < 1.29 is 18.0 Å². The molecule has 1 amide bonds. The molecular weight excluding hydrogens is 599 g/mol. The molecule has 5 heterocycles. The number of alkyl halides is 3. The fraction of sp³-hybridized carbons (Fsp3) is 0.276. The fourth-order valence-corrected chi connectivity index (χ4v) is 5.64. The van der Waals surface area contributed by atoms with Gasteiger partial charge in [0, 0.05) is 35.3 Å². The van der Waals surface area contributed by atoms with E-state index < -0.39 is 35.0 Å². The first-order valence-electron chi connectivity index (χ1n) is 13.7. The molecule has 5 aromatic rings. The summed E-state index contributed by atoms with van der Waals surface area (Å²) in [5.74, 6) is -0.617. The molecule has 0 saturated carbocycles. The molecule has 15 heteroatoms. The topological polar surface area (TPSA) is 125 Å². The number of aromatic nitrogens is 8. The average molecular weight is 624 g/mol. The number of carbonyl (C=O) groups is 1. The summed E-state index contributed by atoms with van der Waals surface area (Å²) in [5.41, 5.74) is -1.10. The third kappa shape index (κ3) is 5.36. The summed E-state index contributed by atoms with van der Waals surface area (Å²) >= 11 is 6.19. The maximum absolute atomic E-state index is 14.8. The van der Waals surface area contributed by atoms with Crippen LogP contribution in [0.5, 0.6) is 0 Å². The first-order valence-corrected chi connectivity index (χ1v) is 14.0. The van der Waals surface area contributed by atoms with Gasteiger partial charge in [0.1, 0.15) is 5.56 Å². The minimum atomic E-state index is -5.07. The number of nitrogens with one attached hydrogen (secondary N) is 1. The van der Waals surface area contributed by atoms with Crippen molar-refractivity contribution >= 4 is 23.2 Å². The molecule has 226 valence electrons. The summed E-state index contributed by atoms with van der Waals surface area (Å²) in [4.78, 5) is 35.5. The molecule has 0 unspecified atom stereocenters. The van der Waals surface area contributed by atoms with Gasteiger partial charge in [0.05, 0.1) is 59.4 Å². The van der Waals surface area contributed by atoms with Crippen LogP contribution in [0.1, 0.15) is 43.5 Å². The largest absolute Gasteiger partial charge is 0.423 e. The predicted molar refractivity (Wildman–Crippen MR) is 155 cm³/mol. The number of halogens is 4. The normalized spacial score (nSPS) is 17.4. The molecule has 0 radical (unpaired) electrons. The third-order valence-corrected chi connectivity index (χ3v) is 7.89. The third-order valence-electron chi connectivity index (χ3n) is 7.65. The van der Waals surface area contributed by atoms with Gasteiger partial charge in [-0.2, -0.15) is 18.3 Å². The van der Waals surface area contributed by atoms with Gasteiger partial charge < -0.3 is 5.32 Å². The lowest BCUT2D eigenvalue weighted by atomic mass is 9.96. The van der Waals surface area contributed by atoms with E-state index in [2.05, 4.69) is 30.7 Å². The Labute approximate surface area is 253 Å². The van der Waals surface area contributed by atoms with E-state index in [0.717, 1.165) is 10.9 Å². The standard InChI is InChI=1S/C29H25ClF3N9O2/c1-16-4-3-5-23(20-12-17(8-9-34-20)26-21(38-27(16)43)14-37-40(26)2)41-15-35-25(24(28(41)44)29(31,32)33)19-13-18(30)6-7-22(19)42-11-10-36-39-42/h6-16,23H,3-5H2,1-2H3,(H,38,43)/t16-,23+/m1/s1. The Morgan fingerprint density at radius 2 is 1.89 bits per heavy atom. The van der Waals surface area contributed by atoms with Crippen molar-refractivity contribution in [2.75, 3.05) is 5.32 Å². The van der Waals surface area contributed by atoms with Crippen molar-refractivity contribution in [1.82, 2.24) is 39.3 Å². The number of amides is 1. The zero-order valence-corrected chi connectivity index (χ0v) is 24.2. The maximum Gasteiger partial charge on any atom is 0.423 e. The molecule has 1 aromatic carbocycles. The fourth-order valence-electron chi connectivity index (χ4n) is 5.47. The monoisotopic (exact) mass is 623 g/mol. The van der Waals surface area contributed by atoms with Crippen molar-refractivity contribution in [2.24, 2.45) is 13.0 Å². The first kappa shape index (κ1) is 29.2. The second-order valence-corrected chi connectivity index (χ2v) is 11.0. The molecule has 6 rings (SSSR count). The second kappa shape index (κ2) is 11.3. The summed E-state index contributed by atoms with van der Waals surface area (Å²) in [6.45, 7) is 1.77. The highest BCUT2D eigenvalue weighted by molar-refractivity contribution is 6.31. The molecule has 4 aromatic heterocycles. The van der Waals surface area contributed by atoms with Gasteiger partial charge in [0.15, 0.2) is 0 Å². The summed E-state index contributed by atoms with van der Waals surface area (Å²) in [6.07, 6.45) is 2.99. The quantitative estimate of drug-likeness (QED) is 0.289. The van der Waals surface area contributed by atoms with E-state index in [1.807, 2.05) is 0 Å². The van der Waals surface area contributed by atoms with Crippen LogP contribution in [-0.2, 0) is 18.0 Å². The molecule has 1 aliphatic heterocycles. The van der Waals surface area contributed by atoms with Crippen LogP contribution in [0, 0.1) is 5.92 Å². The number of aryl methyl sites for hydroxylation is 1.